The fraction of sp³-hybridized carbons (Fsp3) is 0.684. The van der Waals surface area contributed by atoms with E-state index >= 15 is 0 Å². The molecular weight excluding hydrogens is 256 g/mol. The molecule has 1 saturated heterocycles. The van der Waals surface area contributed by atoms with Crippen LogP contribution in [0.2, 0.25) is 0 Å². The average molecular weight is 288 g/mol. The molecule has 21 heavy (non-hydrogen) atoms. The molecule has 2 rings (SSSR count). The van der Waals surface area contributed by atoms with Crippen LogP contribution in [0.4, 0.5) is 0 Å². The second-order valence-electron chi connectivity index (χ2n) is 6.67. The van der Waals surface area contributed by atoms with Gasteiger partial charge in [0, 0.05) is 18.6 Å². The third-order valence-electron chi connectivity index (χ3n) is 4.80. The van der Waals surface area contributed by atoms with Crippen LogP contribution in [0.15, 0.2) is 24.3 Å². The van der Waals surface area contributed by atoms with Crippen LogP contribution >= 0.6 is 0 Å². The molecule has 1 aliphatic heterocycles. The number of rotatable bonds is 11. The topological polar surface area (TPSA) is 48.0 Å². The summed E-state index contributed by atoms with van der Waals surface area (Å²) in [5.74, 6) is 0. The summed E-state index contributed by atoms with van der Waals surface area (Å²) in [6, 6.07) is 9.24. The van der Waals surface area contributed by atoms with E-state index in [1.165, 1.54) is 62.5 Å². The fourth-order valence-corrected chi connectivity index (χ4v) is 2.91. The van der Waals surface area contributed by atoms with Gasteiger partial charge in [-0.05, 0) is 36.8 Å². The van der Waals surface area contributed by atoms with Gasteiger partial charge >= 0.3 is 0 Å². The summed E-state index contributed by atoms with van der Waals surface area (Å²) in [5, 5.41) is 3.40. The van der Waals surface area contributed by atoms with Crippen molar-refractivity contribution in [1.29, 1.82) is 0 Å². The van der Waals surface area contributed by atoms with Crippen molar-refractivity contribution in [3.8, 4) is 0 Å². The highest BCUT2D eigenvalue weighted by Gasteiger charge is 2.39. The molecule has 1 unspecified atom stereocenters. The lowest BCUT2D eigenvalue weighted by Crippen LogP contribution is -2.27. The average Bonchev–Trinajstić information content (AvgIpc) is 3.30. The summed E-state index contributed by atoms with van der Waals surface area (Å²) < 4.78 is 0. The molecule has 0 aliphatic carbocycles. The molecule has 0 saturated carbocycles. The van der Waals surface area contributed by atoms with Gasteiger partial charge < -0.3 is 11.1 Å². The fourth-order valence-electron chi connectivity index (χ4n) is 2.91. The molecular formula is C19H32N2. The number of hydrogen-bond donors (Lipinski definition) is 2. The van der Waals surface area contributed by atoms with Gasteiger partial charge in [-0.1, -0.05) is 63.3 Å². The minimum atomic E-state index is 0.261. The van der Waals surface area contributed by atoms with Gasteiger partial charge in [0.25, 0.3) is 0 Å². The maximum absolute atomic E-state index is 5.79. The Morgan fingerprint density at radius 3 is 2.10 bits per heavy atom. The Labute approximate surface area is 130 Å². The number of aryl methyl sites for hydroxylation is 2. The maximum atomic E-state index is 5.79. The van der Waals surface area contributed by atoms with Crippen molar-refractivity contribution in [3.63, 3.8) is 0 Å². The van der Waals surface area contributed by atoms with E-state index in [9.17, 15) is 0 Å². The van der Waals surface area contributed by atoms with E-state index < -0.39 is 0 Å². The zero-order valence-electron chi connectivity index (χ0n) is 13.7. The summed E-state index contributed by atoms with van der Waals surface area (Å²) in [6.45, 7) is 4.14. The highest BCUT2D eigenvalue weighted by Crippen LogP contribution is 2.22. The van der Waals surface area contributed by atoms with E-state index in [0.717, 1.165) is 19.5 Å². The van der Waals surface area contributed by atoms with Crippen LogP contribution in [0.1, 0.15) is 63.0 Å². The zero-order chi connectivity index (χ0) is 15.0. The largest absolute Gasteiger partial charge is 0.329 e. The molecule has 0 bridgehead atoms. The molecule has 0 radical (unpaired) electrons. The third-order valence-corrected chi connectivity index (χ3v) is 4.80. The summed E-state index contributed by atoms with van der Waals surface area (Å²) in [4.78, 5) is 0. The molecule has 1 aromatic carbocycles. The molecule has 1 heterocycles. The first-order chi connectivity index (χ1) is 10.3. The van der Waals surface area contributed by atoms with Gasteiger partial charge in [-0.15, -0.1) is 0 Å². The number of nitrogens with one attached hydrogen (secondary N) is 1. The maximum Gasteiger partial charge on any atom is 0.0434 e. The van der Waals surface area contributed by atoms with Crippen molar-refractivity contribution < 1.29 is 0 Å². The Bertz CT molecular complexity index is 393. The van der Waals surface area contributed by atoms with Gasteiger partial charge in [-0.3, -0.25) is 0 Å². The molecule has 1 atom stereocenters. The molecule has 0 spiro atoms. The van der Waals surface area contributed by atoms with E-state index in [1.54, 1.807) is 0 Å². The summed E-state index contributed by atoms with van der Waals surface area (Å²) in [6.07, 6.45) is 11.8. The van der Waals surface area contributed by atoms with Gasteiger partial charge in [-0.2, -0.15) is 0 Å². The first-order valence-corrected chi connectivity index (χ1v) is 8.81. The van der Waals surface area contributed by atoms with Crippen molar-refractivity contribution in [1.82, 2.24) is 5.32 Å². The van der Waals surface area contributed by atoms with Crippen LogP contribution in [-0.2, 0) is 12.8 Å². The Balaban J connectivity index is 1.62. The first-order valence-electron chi connectivity index (χ1n) is 8.81. The highest BCUT2D eigenvalue weighted by atomic mass is 15.2. The van der Waals surface area contributed by atoms with E-state index in [-0.39, 0.29) is 5.54 Å². The predicted octanol–water partition coefficient (Wildman–Crippen LogP) is 3.82. The third kappa shape index (κ3) is 5.80. The Kier molecular flexibility index (Phi) is 6.72. The molecule has 2 heteroatoms. The van der Waals surface area contributed by atoms with Crippen molar-refractivity contribution >= 4 is 0 Å². The van der Waals surface area contributed by atoms with Crippen LogP contribution in [0.5, 0.6) is 0 Å². The SMILES string of the molecule is CCCCCCCCc1ccc(CCC2(CN)CN2)cc1. The first kappa shape index (κ1) is 16.5. The molecule has 118 valence electrons. The second kappa shape index (κ2) is 8.55. The van der Waals surface area contributed by atoms with Gasteiger partial charge in [0.1, 0.15) is 0 Å². The van der Waals surface area contributed by atoms with Crippen LogP contribution in [-0.4, -0.2) is 18.6 Å². The van der Waals surface area contributed by atoms with Crippen molar-refractivity contribution in [2.75, 3.05) is 13.1 Å². The van der Waals surface area contributed by atoms with Crippen LogP contribution < -0.4 is 11.1 Å². The van der Waals surface area contributed by atoms with Crippen LogP contribution in [0, 0.1) is 0 Å². The molecule has 1 aromatic rings. The van der Waals surface area contributed by atoms with E-state index in [4.69, 9.17) is 5.73 Å². The van der Waals surface area contributed by atoms with Crippen molar-refractivity contribution in [2.24, 2.45) is 5.73 Å². The van der Waals surface area contributed by atoms with Gasteiger partial charge in [-0.25, -0.2) is 0 Å². The number of unbranched alkanes of at least 4 members (excludes halogenated alkanes) is 5. The summed E-state index contributed by atoms with van der Waals surface area (Å²) in [5.41, 5.74) is 8.99. The lowest BCUT2D eigenvalue weighted by Gasteiger charge is -2.10. The summed E-state index contributed by atoms with van der Waals surface area (Å²) in [7, 11) is 0. The molecule has 3 N–H and O–H groups in total. The number of benzene rings is 1. The standard InChI is InChI=1S/C19H32N2/c1-2-3-4-5-6-7-8-17-9-11-18(12-10-17)13-14-19(15-20)16-21-19/h9-12,21H,2-8,13-16,20H2,1H3. The van der Waals surface area contributed by atoms with Gasteiger partial charge in [0.05, 0.1) is 0 Å². The van der Waals surface area contributed by atoms with Gasteiger partial charge in [0.2, 0.25) is 0 Å². The number of nitrogens with two attached hydrogens (primary N) is 1. The number of hydrogen-bond acceptors (Lipinski definition) is 2. The molecule has 1 aliphatic rings. The molecule has 0 amide bonds. The predicted molar refractivity (Wildman–Crippen MR) is 91.6 cm³/mol. The van der Waals surface area contributed by atoms with E-state index in [0.29, 0.717) is 0 Å². The van der Waals surface area contributed by atoms with Crippen LogP contribution in [0.25, 0.3) is 0 Å². The Morgan fingerprint density at radius 2 is 1.52 bits per heavy atom. The van der Waals surface area contributed by atoms with Crippen molar-refractivity contribution in [3.05, 3.63) is 35.4 Å². The minimum Gasteiger partial charge on any atom is -0.329 e. The van der Waals surface area contributed by atoms with E-state index in [2.05, 4.69) is 36.5 Å². The molecule has 0 aromatic heterocycles. The smallest absolute Gasteiger partial charge is 0.0434 e. The minimum absolute atomic E-state index is 0.261. The lowest BCUT2D eigenvalue weighted by atomic mass is 9.98. The van der Waals surface area contributed by atoms with Crippen LogP contribution in [0.3, 0.4) is 0 Å². The Hall–Kier alpha value is -0.860. The molecule has 2 nitrogen and oxygen atoms in total. The highest BCUT2D eigenvalue weighted by molar-refractivity contribution is 5.23. The van der Waals surface area contributed by atoms with Crippen molar-refractivity contribution in [2.45, 2.75) is 70.3 Å². The van der Waals surface area contributed by atoms with Gasteiger partial charge in [0.15, 0.2) is 0 Å². The zero-order valence-corrected chi connectivity index (χ0v) is 13.7. The second-order valence-corrected chi connectivity index (χ2v) is 6.67. The normalized spacial score (nSPS) is 20.7. The molecule has 1 fully saturated rings. The Morgan fingerprint density at radius 1 is 0.952 bits per heavy atom. The lowest BCUT2D eigenvalue weighted by molar-refractivity contribution is 0.581. The monoisotopic (exact) mass is 288 g/mol. The van der Waals surface area contributed by atoms with E-state index in [1.807, 2.05) is 0 Å². The summed E-state index contributed by atoms with van der Waals surface area (Å²) >= 11 is 0. The quantitative estimate of drug-likeness (QED) is 0.480.